The highest BCUT2D eigenvalue weighted by Gasteiger charge is 2.08. The second kappa shape index (κ2) is 6.49. The van der Waals surface area contributed by atoms with E-state index in [1.807, 2.05) is 6.92 Å². The van der Waals surface area contributed by atoms with Gasteiger partial charge >= 0.3 is 0 Å². The molecule has 0 bridgehead atoms. The average molecular weight is 312 g/mol. The van der Waals surface area contributed by atoms with Gasteiger partial charge in [0, 0.05) is 23.6 Å². The molecule has 0 saturated carbocycles. The summed E-state index contributed by atoms with van der Waals surface area (Å²) in [6.45, 7) is 2.59. The summed E-state index contributed by atoms with van der Waals surface area (Å²) < 4.78 is 0. The van der Waals surface area contributed by atoms with Gasteiger partial charge in [0.1, 0.15) is 0 Å². The number of nitrogens with zero attached hydrogens (tertiary/aromatic N) is 4. The van der Waals surface area contributed by atoms with Crippen LogP contribution in [0.25, 0.3) is 0 Å². The van der Waals surface area contributed by atoms with Crippen molar-refractivity contribution in [2.45, 2.75) is 17.0 Å². The zero-order valence-electron chi connectivity index (χ0n) is 10.4. The molecule has 20 heavy (non-hydrogen) atoms. The molecule has 1 N–H and O–H groups in total. The van der Waals surface area contributed by atoms with E-state index in [-0.39, 0.29) is 11.0 Å². The molecule has 2 rings (SSSR count). The second-order valence-corrected chi connectivity index (χ2v) is 4.97. The molecule has 0 saturated heterocycles. The molecule has 9 heteroatoms. The molecule has 2 aromatic rings. The Labute approximate surface area is 124 Å². The highest BCUT2D eigenvalue weighted by atomic mass is 35.5. The Kier molecular flexibility index (Phi) is 4.70. The van der Waals surface area contributed by atoms with Gasteiger partial charge in [0.25, 0.3) is 5.69 Å². The predicted octanol–water partition coefficient (Wildman–Crippen LogP) is 3.02. The zero-order valence-corrected chi connectivity index (χ0v) is 12.0. The molecule has 104 valence electrons. The lowest BCUT2D eigenvalue weighted by atomic mass is 10.3. The van der Waals surface area contributed by atoms with Crippen molar-refractivity contribution < 1.29 is 4.92 Å². The molecule has 0 aliphatic carbocycles. The number of halogens is 1. The fourth-order valence-corrected chi connectivity index (χ4v) is 2.31. The molecule has 1 heterocycles. The number of non-ortho nitro benzene ring substituents is 1. The maximum Gasteiger partial charge on any atom is 0.269 e. The van der Waals surface area contributed by atoms with Gasteiger partial charge in [-0.25, -0.2) is 0 Å². The lowest BCUT2D eigenvalue weighted by Gasteiger charge is -2.04. The van der Waals surface area contributed by atoms with Gasteiger partial charge in [-0.15, -0.1) is 0 Å². The molecule has 0 radical (unpaired) electrons. The number of nitro benzene ring substituents is 1. The molecule has 0 amide bonds. The molecule has 0 unspecified atom stereocenters. The highest BCUT2D eigenvalue weighted by molar-refractivity contribution is 7.99. The summed E-state index contributed by atoms with van der Waals surface area (Å²) in [7, 11) is 0. The largest absolute Gasteiger partial charge is 0.354 e. The Morgan fingerprint density at radius 2 is 2.00 bits per heavy atom. The van der Waals surface area contributed by atoms with Crippen molar-refractivity contribution in [3.63, 3.8) is 0 Å². The normalized spacial score (nSPS) is 10.3. The number of rotatable bonds is 5. The zero-order chi connectivity index (χ0) is 14.5. The minimum absolute atomic E-state index is 0.0383. The van der Waals surface area contributed by atoms with Crippen LogP contribution in [0.2, 0.25) is 5.28 Å². The molecular weight excluding hydrogens is 302 g/mol. The SMILES string of the molecule is CCNc1nc(Cl)nc(Sc2ccc([N+](=O)[O-])cc2)n1. The summed E-state index contributed by atoms with van der Waals surface area (Å²) in [5, 5.41) is 14.0. The van der Waals surface area contributed by atoms with Gasteiger partial charge in [0.05, 0.1) is 4.92 Å². The summed E-state index contributed by atoms with van der Waals surface area (Å²) in [4.78, 5) is 23.0. The number of nitro groups is 1. The maximum absolute atomic E-state index is 10.6. The Balaban J connectivity index is 2.18. The van der Waals surface area contributed by atoms with E-state index in [9.17, 15) is 10.1 Å². The smallest absolute Gasteiger partial charge is 0.269 e. The Morgan fingerprint density at radius 1 is 1.30 bits per heavy atom. The average Bonchev–Trinajstić information content (AvgIpc) is 2.39. The summed E-state index contributed by atoms with van der Waals surface area (Å²) in [5.74, 6) is 0.400. The third-order valence-corrected chi connectivity index (χ3v) is 3.22. The van der Waals surface area contributed by atoms with E-state index in [2.05, 4.69) is 20.3 Å². The van der Waals surface area contributed by atoms with Gasteiger partial charge in [0.2, 0.25) is 11.2 Å². The number of nitrogens with one attached hydrogen (secondary N) is 1. The van der Waals surface area contributed by atoms with Crippen molar-refractivity contribution in [1.82, 2.24) is 15.0 Å². The molecule has 1 aromatic carbocycles. The van der Waals surface area contributed by atoms with Crippen LogP contribution in [0.3, 0.4) is 0 Å². The molecule has 0 spiro atoms. The van der Waals surface area contributed by atoms with Gasteiger partial charge in [-0.2, -0.15) is 15.0 Å². The van der Waals surface area contributed by atoms with Gasteiger partial charge in [0.15, 0.2) is 5.16 Å². The summed E-state index contributed by atoms with van der Waals surface area (Å²) in [5.41, 5.74) is 0.0383. The lowest BCUT2D eigenvalue weighted by Crippen LogP contribution is -2.04. The van der Waals surface area contributed by atoms with Crippen molar-refractivity contribution in [3.05, 3.63) is 39.7 Å². The van der Waals surface area contributed by atoms with E-state index in [0.717, 1.165) is 4.90 Å². The second-order valence-electron chi connectivity index (χ2n) is 3.59. The highest BCUT2D eigenvalue weighted by Crippen LogP contribution is 2.27. The first kappa shape index (κ1) is 14.5. The fourth-order valence-electron chi connectivity index (χ4n) is 1.36. The quantitative estimate of drug-likeness (QED) is 0.670. The van der Waals surface area contributed by atoms with Crippen LogP contribution in [-0.4, -0.2) is 26.4 Å². The van der Waals surface area contributed by atoms with Crippen molar-refractivity contribution in [1.29, 1.82) is 0 Å². The summed E-state index contributed by atoms with van der Waals surface area (Å²) >= 11 is 7.07. The monoisotopic (exact) mass is 311 g/mol. The molecular formula is C11H10ClN5O2S. The van der Waals surface area contributed by atoms with Crippen molar-refractivity contribution in [3.8, 4) is 0 Å². The van der Waals surface area contributed by atoms with E-state index >= 15 is 0 Å². The summed E-state index contributed by atoms with van der Waals surface area (Å²) in [6.07, 6.45) is 0. The maximum atomic E-state index is 10.6. The molecule has 0 aliphatic heterocycles. The van der Waals surface area contributed by atoms with Crippen LogP contribution >= 0.6 is 23.4 Å². The van der Waals surface area contributed by atoms with Crippen LogP contribution < -0.4 is 5.32 Å². The first-order valence-electron chi connectivity index (χ1n) is 5.66. The van der Waals surface area contributed by atoms with E-state index in [1.54, 1.807) is 12.1 Å². The van der Waals surface area contributed by atoms with E-state index in [1.165, 1.54) is 23.9 Å². The summed E-state index contributed by atoms with van der Waals surface area (Å²) in [6, 6.07) is 6.12. The third kappa shape index (κ3) is 3.78. The van der Waals surface area contributed by atoms with Crippen LogP contribution in [0, 0.1) is 10.1 Å². The van der Waals surface area contributed by atoms with Crippen molar-refractivity contribution in [2.24, 2.45) is 0 Å². The van der Waals surface area contributed by atoms with E-state index in [4.69, 9.17) is 11.6 Å². The topological polar surface area (TPSA) is 93.8 Å². The van der Waals surface area contributed by atoms with Crippen LogP contribution in [0.1, 0.15) is 6.92 Å². The number of hydrogen-bond acceptors (Lipinski definition) is 7. The van der Waals surface area contributed by atoms with Crippen LogP contribution in [0.4, 0.5) is 11.6 Å². The first-order valence-corrected chi connectivity index (χ1v) is 6.85. The van der Waals surface area contributed by atoms with Crippen molar-refractivity contribution in [2.75, 3.05) is 11.9 Å². The van der Waals surface area contributed by atoms with E-state index in [0.29, 0.717) is 17.6 Å². The van der Waals surface area contributed by atoms with Crippen LogP contribution in [-0.2, 0) is 0 Å². The molecule has 0 fully saturated rings. The van der Waals surface area contributed by atoms with Gasteiger partial charge in [-0.05, 0) is 42.4 Å². The number of benzene rings is 1. The van der Waals surface area contributed by atoms with Gasteiger partial charge < -0.3 is 5.32 Å². The van der Waals surface area contributed by atoms with Crippen molar-refractivity contribution >= 4 is 35.0 Å². The van der Waals surface area contributed by atoms with E-state index < -0.39 is 4.92 Å². The third-order valence-electron chi connectivity index (χ3n) is 2.18. The van der Waals surface area contributed by atoms with Crippen LogP contribution in [0.5, 0.6) is 0 Å². The number of anilines is 1. The molecule has 7 nitrogen and oxygen atoms in total. The minimum atomic E-state index is -0.447. The molecule has 0 aliphatic rings. The number of aromatic nitrogens is 3. The molecule has 0 atom stereocenters. The fraction of sp³-hybridized carbons (Fsp3) is 0.182. The van der Waals surface area contributed by atoms with Gasteiger partial charge in [-0.3, -0.25) is 10.1 Å². The van der Waals surface area contributed by atoms with Crippen LogP contribution in [0.15, 0.2) is 34.3 Å². The standard InChI is InChI=1S/C11H10ClN5O2S/c1-2-13-10-14-9(12)15-11(16-10)20-8-5-3-7(4-6-8)17(18)19/h3-6H,2H2,1H3,(H,13,14,15,16). The Bertz CT molecular complexity index is 623. The Hall–Kier alpha value is -1.93. The molecule has 1 aromatic heterocycles. The predicted molar refractivity (Wildman–Crippen MR) is 76.2 cm³/mol. The Morgan fingerprint density at radius 3 is 2.60 bits per heavy atom. The first-order chi connectivity index (χ1) is 9.58. The number of hydrogen-bond donors (Lipinski definition) is 1. The lowest BCUT2D eigenvalue weighted by molar-refractivity contribution is -0.384. The van der Waals surface area contributed by atoms with Gasteiger partial charge in [-0.1, -0.05) is 0 Å². The minimum Gasteiger partial charge on any atom is -0.354 e.